The Morgan fingerprint density at radius 1 is 0.857 bits per heavy atom. The van der Waals surface area contributed by atoms with Crippen LogP contribution in [-0.4, -0.2) is 95.5 Å². The number of urea groups is 2. The van der Waals surface area contributed by atoms with Gasteiger partial charge in [0.05, 0.1) is 5.69 Å². The van der Waals surface area contributed by atoms with Crippen molar-refractivity contribution in [2.45, 2.75) is 76.4 Å². The Morgan fingerprint density at radius 3 is 2.12 bits per heavy atom. The maximum absolute atomic E-state index is 14.2. The predicted octanol–water partition coefficient (Wildman–Crippen LogP) is 6.29. The molecule has 4 aliphatic heterocycles. The molecule has 4 heterocycles. The van der Waals surface area contributed by atoms with Gasteiger partial charge in [-0.15, -0.1) is 0 Å². The van der Waals surface area contributed by atoms with Crippen LogP contribution in [0.3, 0.4) is 0 Å². The number of para-hydroxylation sites is 1. The van der Waals surface area contributed by atoms with Gasteiger partial charge in [0.1, 0.15) is 6.04 Å². The van der Waals surface area contributed by atoms with Crippen LogP contribution in [0.15, 0.2) is 45.3 Å². The number of nitrogens with zero attached hydrogens (tertiary/aromatic N) is 4. The lowest BCUT2D eigenvalue weighted by atomic mass is 9.78. The summed E-state index contributed by atoms with van der Waals surface area (Å²) in [4.78, 5) is 49.2. The fraction of sp³-hybridized carbons (Fsp3) is 0.595. The molecule has 1 saturated carbocycles. The molecule has 0 bridgehead atoms. The van der Waals surface area contributed by atoms with E-state index < -0.39 is 6.04 Å². The molecule has 2 aromatic rings. The largest absolute Gasteiger partial charge is 0.397 e. The highest BCUT2D eigenvalue weighted by Crippen LogP contribution is 2.36. The van der Waals surface area contributed by atoms with Crippen LogP contribution in [0.1, 0.15) is 62.5 Å². The third-order valence-electron chi connectivity index (χ3n) is 11.6. The molecule has 1 atom stereocenters. The van der Waals surface area contributed by atoms with Crippen molar-refractivity contribution in [3.8, 4) is 0 Å². The van der Waals surface area contributed by atoms with Crippen LogP contribution in [0, 0.1) is 17.8 Å². The molecule has 0 unspecified atom stereocenters. The van der Waals surface area contributed by atoms with E-state index in [0.717, 1.165) is 63.5 Å². The first kappa shape index (κ1) is 34.6. The van der Waals surface area contributed by atoms with Gasteiger partial charge in [-0.3, -0.25) is 4.79 Å². The lowest BCUT2D eigenvalue weighted by Crippen LogP contribution is -2.57. The van der Waals surface area contributed by atoms with Gasteiger partial charge in [-0.1, -0.05) is 18.2 Å². The van der Waals surface area contributed by atoms with E-state index in [9.17, 15) is 14.4 Å². The molecule has 12 heteroatoms. The van der Waals surface area contributed by atoms with Crippen molar-refractivity contribution >= 4 is 61.2 Å². The first-order valence-corrected chi connectivity index (χ1v) is 19.8. The predicted molar refractivity (Wildman–Crippen MR) is 199 cm³/mol. The minimum absolute atomic E-state index is 0.0198. The molecule has 0 radical (unpaired) electrons. The molecule has 0 spiro atoms. The third-order valence-corrected chi connectivity index (χ3v) is 12.9. The van der Waals surface area contributed by atoms with Gasteiger partial charge in [-0.25, -0.2) is 9.59 Å². The fourth-order valence-corrected chi connectivity index (χ4v) is 9.69. The van der Waals surface area contributed by atoms with Gasteiger partial charge in [0.25, 0.3) is 0 Å². The second-order valence-corrected chi connectivity index (χ2v) is 16.6. The first-order chi connectivity index (χ1) is 23.7. The number of benzene rings is 2. The number of carbonyl (C=O) groups is 3. The average molecular weight is 800 g/mol. The summed E-state index contributed by atoms with van der Waals surface area (Å²) in [5.41, 5.74) is 9.64. The number of fused-ring (bicyclic) bond motifs is 1. The fourth-order valence-electron chi connectivity index (χ4n) is 8.41. The summed E-state index contributed by atoms with van der Waals surface area (Å²) in [5.74, 6) is 2.35. The van der Waals surface area contributed by atoms with E-state index in [0.29, 0.717) is 50.5 Å². The Morgan fingerprint density at radius 2 is 1.47 bits per heavy atom. The number of carbonyl (C=O) groups excluding carboxylic acids is 3. The van der Waals surface area contributed by atoms with Crippen molar-refractivity contribution in [2.75, 3.05) is 56.9 Å². The van der Waals surface area contributed by atoms with E-state index in [1.807, 2.05) is 46.2 Å². The van der Waals surface area contributed by atoms with Gasteiger partial charge in [-0.2, -0.15) is 0 Å². The Bertz CT molecular complexity index is 1510. The molecular formula is C37H49Br2N7O3. The van der Waals surface area contributed by atoms with Crippen molar-refractivity contribution in [2.24, 2.45) is 17.8 Å². The number of anilines is 2. The summed E-state index contributed by atoms with van der Waals surface area (Å²) in [6, 6.07) is 10.8. The topological polar surface area (TPSA) is 114 Å². The summed E-state index contributed by atoms with van der Waals surface area (Å²) >= 11 is 7.09. The molecule has 10 nitrogen and oxygen atoms in total. The maximum Gasteiger partial charge on any atom is 0.322 e. The van der Waals surface area contributed by atoms with Crippen LogP contribution in [0.2, 0.25) is 0 Å². The van der Waals surface area contributed by atoms with Crippen molar-refractivity contribution in [3.05, 3.63) is 56.5 Å². The van der Waals surface area contributed by atoms with E-state index in [4.69, 9.17) is 5.73 Å². The highest BCUT2D eigenvalue weighted by atomic mass is 79.9. The monoisotopic (exact) mass is 797 g/mol. The maximum atomic E-state index is 14.2. The minimum atomic E-state index is -0.695. The lowest BCUT2D eigenvalue weighted by molar-refractivity contribution is -0.135. The van der Waals surface area contributed by atoms with Crippen LogP contribution in [0.25, 0.3) is 0 Å². The zero-order chi connectivity index (χ0) is 34.1. The molecule has 3 saturated heterocycles. The second kappa shape index (κ2) is 15.2. The van der Waals surface area contributed by atoms with Gasteiger partial charge in [0.2, 0.25) is 5.91 Å². The molecule has 0 aromatic heterocycles. The van der Waals surface area contributed by atoms with Gasteiger partial charge in [0, 0.05) is 66.4 Å². The molecule has 264 valence electrons. The average Bonchev–Trinajstić information content (AvgIpc) is 3.94. The van der Waals surface area contributed by atoms with Gasteiger partial charge >= 0.3 is 12.1 Å². The van der Waals surface area contributed by atoms with Crippen molar-refractivity contribution in [1.82, 2.24) is 24.9 Å². The summed E-state index contributed by atoms with van der Waals surface area (Å²) < 4.78 is 1.51. The Balaban J connectivity index is 0.961. The Kier molecular flexibility index (Phi) is 10.7. The van der Waals surface area contributed by atoms with Gasteiger partial charge < -0.3 is 36.0 Å². The standard InChI is InChI=1S/C37H49Br2N7O3/c38-30-19-25(20-31(39)34(30)40)21-33(35(47)44-15-9-27(10-16-44)26-7-13-43(14-8-26)22-24-5-6-24)42-36(48)45-17-11-29(12-18-45)46-23-28-3-1-2-4-32(28)41-37(46)49/h1-4,19-20,24,26-27,29,33H,5-18,21-23,40H2,(H,41,49)(H,42,48)/t33-/m1/s1. The smallest absolute Gasteiger partial charge is 0.322 e. The molecule has 2 aromatic carbocycles. The van der Waals surface area contributed by atoms with Crippen LogP contribution in [0.5, 0.6) is 0 Å². The molecule has 7 rings (SSSR count). The summed E-state index contributed by atoms with van der Waals surface area (Å²) in [6.45, 7) is 6.81. The van der Waals surface area contributed by atoms with Crippen LogP contribution >= 0.6 is 31.9 Å². The number of nitrogen functional groups attached to an aromatic ring is 1. The van der Waals surface area contributed by atoms with Crippen LogP contribution in [-0.2, 0) is 17.8 Å². The number of rotatable bonds is 8. The van der Waals surface area contributed by atoms with Gasteiger partial charge in [0.15, 0.2) is 0 Å². The molecule has 1 aliphatic carbocycles. The Hall–Kier alpha value is -2.83. The van der Waals surface area contributed by atoms with E-state index in [1.165, 1.54) is 45.3 Å². The zero-order valence-electron chi connectivity index (χ0n) is 28.2. The number of nitrogens with two attached hydrogens (primary N) is 1. The van der Waals surface area contributed by atoms with Crippen LogP contribution < -0.4 is 16.4 Å². The quantitative estimate of drug-likeness (QED) is 0.272. The highest BCUT2D eigenvalue weighted by molar-refractivity contribution is 9.11. The summed E-state index contributed by atoms with van der Waals surface area (Å²) in [7, 11) is 0. The van der Waals surface area contributed by atoms with Crippen LogP contribution in [0.4, 0.5) is 21.0 Å². The summed E-state index contributed by atoms with van der Waals surface area (Å²) in [5, 5.41) is 6.15. The minimum Gasteiger partial charge on any atom is -0.397 e. The third kappa shape index (κ3) is 8.22. The van der Waals surface area contributed by atoms with E-state index >= 15 is 0 Å². The molecule has 4 N–H and O–H groups in total. The molecule has 5 amide bonds. The summed E-state index contributed by atoms with van der Waals surface area (Å²) in [6.07, 6.45) is 9.17. The number of amides is 5. The highest BCUT2D eigenvalue weighted by Gasteiger charge is 2.37. The zero-order valence-corrected chi connectivity index (χ0v) is 31.4. The first-order valence-electron chi connectivity index (χ1n) is 18.2. The SMILES string of the molecule is Nc1c(Br)cc(C[C@@H](NC(=O)N2CCC(N3Cc4ccccc4NC3=O)CC2)C(=O)N2CCC(C3CCN(CC4CC4)CC3)CC2)cc1Br. The normalized spacial score (nSPS) is 22.1. The Labute approximate surface area is 306 Å². The van der Waals surface area contributed by atoms with Crippen molar-refractivity contribution < 1.29 is 14.4 Å². The van der Waals surface area contributed by atoms with E-state index in [2.05, 4.69) is 47.4 Å². The number of piperidine rings is 3. The number of likely N-dealkylation sites (tertiary alicyclic amines) is 3. The molecular weight excluding hydrogens is 750 g/mol. The molecule has 4 fully saturated rings. The number of hydrogen-bond acceptors (Lipinski definition) is 5. The molecule has 5 aliphatic rings. The second-order valence-electron chi connectivity index (χ2n) is 14.9. The number of hydrogen-bond donors (Lipinski definition) is 3. The lowest BCUT2D eigenvalue weighted by Gasteiger charge is -2.42. The number of nitrogens with one attached hydrogen (secondary N) is 2. The van der Waals surface area contributed by atoms with E-state index in [-0.39, 0.29) is 24.0 Å². The molecule has 49 heavy (non-hydrogen) atoms. The van der Waals surface area contributed by atoms with Crippen molar-refractivity contribution in [1.29, 1.82) is 0 Å². The van der Waals surface area contributed by atoms with Gasteiger partial charge in [-0.05, 0) is 143 Å². The number of halogens is 2. The van der Waals surface area contributed by atoms with Crippen molar-refractivity contribution in [3.63, 3.8) is 0 Å². The van der Waals surface area contributed by atoms with E-state index in [1.54, 1.807) is 4.90 Å².